The number of aromatic nitrogens is 2. The number of pyridine rings is 2. The van der Waals surface area contributed by atoms with Crippen molar-refractivity contribution < 1.29 is 32.2 Å². The van der Waals surface area contributed by atoms with Crippen molar-refractivity contribution in [3.8, 4) is 5.88 Å². The Balaban J connectivity index is 1.46. The normalized spacial score (nSPS) is 18.7. The summed E-state index contributed by atoms with van der Waals surface area (Å²) in [5, 5.41) is 2.69. The summed E-state index contributed by atoms with van der Waals surface area (Å²) in [7, 11) is 0. The molecule has 2 aromatic rings. The van der Waals surface area contributed by atoms with E-state index in [4.69, 9.17) is 16.3 Å². The smallest absolute Gasteiger partial charge is 0.422 e. The molecule has 2 aliphatic rings. The van der Waals surface area contributed by atoms with Crippen molar-refractivity contribution in [2.24, 2.45) is 0 Å². The van der Waals surface area contributed by atoms with E-state index in [9.17, 15) is 22.8 Å². The summed E-state index contributed by atoms with van der Waals surface area (Å²) in [6.07, 6.45) is 0.109. The lowest BCUT2D eigenvalue weighted by molar-refractivity contribution is -0.154. The molecule has 0 spiro atoms. The number of carbonyl (C=O) groups excluding carboxylic acids is 2. The summed E-state index contributed by atoms with van der Waals surface area (Å²) in [6, 6.07) is 2.50. The van der Waals surface area contributed by atoms with Crippen molar-refractivity contribution >= 4 is 29.2 Å². The molecule has 12 heteroatoms. The molecule has 2 atom stereocenters. The monoisotopic (exact) mass is 498 g/mol. The molecule has 8 nitrogen and oxygen atoms in total. The predicted molar refractivity (Wildman–Crippen MR) is 116 cm³/mol. The van der Waals surface area contributed by atoms with Crippen LogP contribution >= 0.6 is 11.6 Å². The van der Waals surface area contributed by atoms with E-state index < -0.39 is 18.8 Å². The van der Waals surface area contributed by atoms with Gasteiger partial charge in [-0.3, -0.25) is 9.59 Å². The Morgan fingerprint density at radius 3 is 2.88 bits per heavy atom. The van der Waals surface area contributed by atoms with Gasteiger partial charge in [-0.15, -0.1) is 0 Å². The fraction of sp³-hybridized carbons (Fsp3) is 0.455. The number of carbonyl (C=O) groups is 2. The SMILES string of the molecule is CC(c1cnc(OCC(F)(F)F)c(Cl)c1)N1Cc2c(ccnc2NC(=O)C[C@H]2CCCO2)C1=O. The maximum absolute atomic E-state index is 13.1. The molecule has 1 unspecified atom stereocenters. The van der Waals surface area contributed by atoms with Gasteiger partial charge in [0, 0.05) is 30.1 Å². The first kappa shape index (κ1) is 24.2. The van der Waals surface area contributed by atoms with Crippen LogP contribution in [0.2, 0.25) is 5.02 Å². The number of nitrogens with one attached hydrogen (secondary N) is 1. The van der Waals surface area contributed by atoms with E-state index in [0.717, 1.165) is 12.8 Å². The van der Waals surface area contributed by atoms with Gasteiger partial charge in [-0.1, -0.05) is 11.6 Å². The summed E-state index contributed by atoms with van der Waals surface area (Å²) in [6.45, 7) is 1.06. The van der Waals surface area contributed by atoms with Crippen LogP contribution in [-0.4, -0.2) is 52.2 Å². The Kier molecular flexibility index (Phi) is 6.94. The number of fused-ring (bicyclic) bond motifs is 1. The van der Waals surface area contributed by atoms with Gasteiger partial charge in [0.15, 0.2) is 6.61 Å². The summed E-state index contributed by atoms with van der Waals surface area (Å²) in [4.78, 5) is 35.2. The molecule has 1 fully saturated rings. The lowest BCUT2D eigenvalue weighted by Crippen LogP contribution is -2.27. The Hall–Kier alpha value is -2.92. The largest absolute Gasteiger partial charge is 0.467 e. The Bertz CT molecular complexity index is 1090. The number of rotatable bonds is 7. The molecule has 4 rings (SSSR count). The van der Waals surface area contributed by atoms with Crippen molar-refractivity contribution in [2.45, 2.75) is 51.1 Å². The number of halogens is 4. The minimum atomic E-state index is -4.52. The van der Waals surface area contributed by atoms with E-state index in [1.807, 2.05) is 0 Å². The molecule has 0 bridgehead atoms. The summed E-state index contributed by atoms with van der Waals surface area (Å²) in [5.74, 6) is -0.535. The first-order chi connectivity index (χ1) is 16.1. The Morgan fingerprint density at radius 2 is 2.21 bits per heavy atom. The van der Waals surface area contributed by atoms with E-state index in [1.165, 1.54) is 18.5 Å². The van der Waals surface area contributed by atoms with Crippen LogP contribution in [0.25, 0.3) is 0 Å². The quantitative estimate of drug-likeness (QED) is 0.612. The predicted octanol–water partition coefficient (Wildman–Crippen LogP) is 4.30. The zero-order valence-electron chi connectivity index (χ0n) is 18.2. The van der Waals surface area contributed by atoms with Crippen LogP contribution in [0, 0.1) is 0 Å². The van der Waals surface area contributed by atoms with Crippen LogP contribution in [0.1, 0.15) is 53.7 Å². The second kappa shape index (κ2) is 9.75. The average molecular weight is 499 g/mol. The minimum Gasteiger partial charge on any atom is -0.467 e. The topological polar surface area (TPSA) is 93.7 Å². The van der Waals surface area contributed by atoms with Crippen LogP contribution < -0.4 is 10.1 Å². The molecule has 0 aromatic carbocycles. The van der Waals surface area contributed by atoms with E-state index in [-0.39, 0.29) is 41.8 Å². The number of hydrogen-bond donors (Lipinski definition) is 1. The van der Waals surface area contributed by atoms with E-state index in [1.54, 1.807) is 17.9 Å². The summed E-state index contributed by atoms with van der Waals surface area (Å²) in [5.41, 5.74) is 1.52. The zero-order valence-corrected chi connectivity index (χ0v) is 18.9. The Labute approximate surface area is 198 Å². The first-order valence-corrected chi connectivity index (χ1v) is 11.1. The van der Waals surface area contributed by atoms with Crippen molar-refractivity contribution in [1.82, 2.24) is 14.9 Å². The average Bonchev–Trinajstić information content (AvgIpc) is 3.40. The minimum absolute atomic E-state index is 0.0958. The second-order valence-corrected chi connectivity index (χ2v) is 8.55. The van der Waals surface area contributed by atoms with E-state index in [2.05, 4.69) is 20.0 Å². The number of amides is 2. The molecule has 2 aliphatic heterocycles. The molecule has 2 amide bonds. The standard InChI is InChI=1S/C22H22ClF3N4O4/c1-12(13-7-17(23)20(28-9-13)34-11-22(24,25)26)30-10-16-15(21(30)32)4-5-27-19(16)29-18(31)8-14-3-2-6-33-14/h4-5,7,9,12,14H,2-3,6,8,10-11H2,1H3,(H,27,29,31)/t12?,14-/m1/s1. The molecule has 1 N–H and O–H groups in total. The number of hydrogen-bond acceptors (Lipinski definition) is 6. The summed E-state index contributed by atoms with van der Waals surface area (Å²) < 4.78 is 47.3. The lowest BCUT2D eigenvalue weighted by Gasteiger charge is -2.25. The van der Waals surface area contributed by atoms with Gasteiger partial charge in [0.2, 0.25) is 11.8 Å². The number of nitrogens with zero attached hydrogens (tertiary/aromatic N) is 3. The fourth-order valence-electron chi connectivity index (χ4n) is 3.97. The molecule has 0 saturated carbocycles. The third-order valence-electron chi connectivity index (χ3n) is 5.72. The van der Waals surface area contributed by atoms with Gasteiger partial charge < -0.3 is 19.7 Å². The van der Waals surface area contributed by atoms with Gasteiger partial charge in [-0.25, -0.2) is 9.97 Å². The summed E-state index contributed by atoms with van der Waals surface area (Å²) >= 11 is 6.06. The van der Waals surface area contributed by atoms with Crippen LogP contribution in [0.15, 0.2) is 24.5 Å². The number of alkyl halides is 3. The van der Waals surface area contributed by atoms with Gasteiger partial charge in [0.25, 0.3) is 5.91 Å². The number of anilines is 1. The molecule has 0 radical (unpaired) electrons. The molecule has 4 heterocycles. The van der Waals surface area contributed by atoms with Crippen molar-refractivity contribution in [3.05, 3.63) is 46.2 Å². The molecule has 2 aromatic heterocycles. The van der Waals surface area contributed by atoms with Gasteiger partial charge in [0.1, 0.15) is 10.8 Å². The molecule has 34 heavy (non-hydrogen) atoms. The highest BCUT2D eigenvalue weighted by atomic mass is 35.5. The maximum Gasteiger partial charge on any atom is 0.422 e. The van der Waals surface area contributed by atoms with Crippen LogP contribution in [-0.2, 0) is 16.1 Å². The maximum atomic E-state index is 13.1. The first-order valence-electron chi connectivity index (χ1n) is 10.7. The van der Waals surface area contributed by atoms with Crippen LogP contribution in [0.3, 0.4) is 0 Å². The lowest BCUT2D eigenvalue weighted by atomic mass is 10.1. The van der Waals surface area contributed by atoms with Gasteiger partial charge >= 0.3 is 6.18 Å². The molecule has 182 valence electrons. The number of ether oxygens (including phenoxy) is 2. The van der Waals surface area contributed by atoms with E-state index in [0.29, 0.717) is 29.1 Å². The van der Waals surface area contributed by atoms with Gasteiger partial charge in [-0.2, -0.15) is 13.2 Å². The fourth-order valence-corrected chi connectivity index (χ4v) is 4.20. The third-order valence-corrected chi connectivity index (χ3v) is 5.99. The highest BCUT2D eigenvalue weighted by molar-refractivity contribution is 6.31. The second-order valence-electron chi connectivity index (χ2n) is 8.14. The third kappa shape index (κ3) is 5.41. The van der Waals surface area contributed by atoms with Gasteiger partial charge in [0.05, 0.1) is 25.1 Å². The highest BCUT2D eigenvalue weighted by Crippen LogP contribution is 2.35. The molecule has 1 saturated heterocycles. The highest BCUT2D eigenvalue weighted by Gasteiger charge is 2.35. The molecular formula is C22H22ClF3N4O4. The van der Waals surface area contributed by atoms with Crippen LogP contribution in [0.5, 0.6) is 5.88 Å². The van der Waals surface area contributed by atoms with E-state index >= 15 is 0 Å². The van der Waals surface area contributed by atoms with Crippen LogP contribution in [0.4, 0.5) is 19.0 Å². The van der Waals surface area contributed by atoms with Crippen molar-refractivity contribution in [2.75, 3.05) is 18.5 Å². The molecular weight excluding hydrogens is 477 g/mol. The van der Waals surface area contributed by atoms with Crippen molar-refractivity contribution in [3.63, 3.8) is 0 Å². The molecule has 0 aliphatic carbocycles. The van der Waals surface area contributed by atoms with Gasteiger partial charge in [-0.05, 0) is 37.5 Å². The Morgan fingerprint density at radius 1 is 1.41 bits per heavy atom. The van der Waals surface area contributed by atoms with Crippen molar-refractivity contribution in [1.29, 1.82) is 0 Å². The zero-order chi connectivity index (χ0) is 24.5.